The molecule has 1 amide bonds. The third kappa shape index (κ3) is 3.90. The monoisotopic (exact) mass is 342 g/mol. The first-order chi connectivity index (χ1) is 11.9. The summed E-state index contributed by atoms with van der Waals surface area (Å²) < 4.78 is 5.43. The number of benzene rings is 1. The zero-order chi connectivity index (χ0) is 18.0. The van der Waals surface area contributed by atoms with E-state index in [0.29, 0.717) is 22.8 Å². The van der Waals surface area contributed by atoms with Crippen molar-refractivity contribution in [2.24, 2.45) is 0 Å². The van der Waals surface area contributed by atoms with Crippen LogP contribution in [-0.2, 0) is 5.41 Å². The molecular weight excluding hydrogens is 316 g/mol. The third-order valence-electron chi connectivity index (χ3n) is 4.58. The molecule has 1 saturated heterocycles. The number of hydrogen-bond donors (Lipinski definition) is 2. The van der Waals surface area contributed by atoms with Gasteiger partial charge in [0, 0.05) is 17.5 Å². The highest BCUT2D eigenvalue weighted by Gasteiger charge is 2.26. The number of carbonyl (C=O) groups excluding carboxylic acids is 1. The summed E-state index contributed by atoms with van der Waals surface area (Å²) in [5.41, 5.74) is 1.02. The Kier molecular flexibility index (Phi) is 4.90. The second-order valence-electron chi connectivity index (χ2n) is 7.68. The number of amides is 1. The average molecular weight is 342 g/mol. The fourth-order valence-corrected chi connectivity index (χ4v) is 2.99. The maximum atomic E-state index is 12.8. The molecule has 6 heteroatoms. The van der Waals surface area contributed by atoms with Gasteiger partial charge in [-0.3, -0.25) is 4.79 Å². The van der Waals surface area contributed by atoms with Crippen LogP contribution in [0.3, 0.4) is 0 Å². The lowest BCUT2D eigenvalue weighted by atomic mass is 9.96. The van der Waals surface area contributed by atoms with Crippen molar-refractivity contribution in [3.8, 4) is 11.5 Å². The van der Waals surface area contributed by atoms with Crippen molar-refractivity contribution in [3.63, 3.8) is 0 Å². The Morgan fingerprint density at radius 2 is 2.08 bits per heavy atom. The van der Waals surface area contributed by atoms with Gasteiger partial charge in [-0.15, -0.1) is 0 Å². The van der Waals surface area contributed by atoms with Crippen molar-refractivity contribution in [1.29, 1.82) is 0 Å². The second-order valence-corrected chi connectivity index (χ2v) is 7.68. The zero-order valence-electron chi connectivity index (χ0n) is 15.3. The van der Waals surface area contributed by atoms with E-state index in [9.17, 15) is 4.79 Å². The van der Waals surface area contributed by atoms with Crippen LogP contribution < -0.4 is 10.6 Å². The van der Waals surface area contributed by atoms with Gasteiger partial charge < -0.3 is 15.2 Å². The fourth-order valence-electron chi connectivity index (χ4n) is 2.99. The van der Waals surface area contributed by atoms with E-state index in [4.69, 9.17) is 4.52 Å². The summed E-state index contributed by atoms with van der Waals surface area (Å²) >= 11 is 0. The number of carbonyl (C=O) groups is 1. The number of nitrogens with one attached hydrogen (secondary N) is 2. The molecule has 134 valence electrons. The van der Waals surface area contributed by atoms with Crippen LogP contribution in [0, 0.1) is 0 Å². The molecular formula is C19H26N4O2. The topological polar surface area (TPSA) is 80.0 Å². The standard InChI is InChI=1S/C19H26N4O2/c1-12-15(10-7-11-20-12)21-16(24)13-8-5-6-9-14(13)17-22-18(23-25-17)19(2,3)4/h5-6,8-9,12,15,20H,7,10-11H2,1-4H3,(H,21,24). The molecule has 1 aromatic carbocycles. The van der Waals surface area contributed by atoms with Gasteiger partial charge in [0.05, 0.1) is 11.1 Å². The van der Waals surface area contributed by atoms with Gasteiger partial charge in [0.25, 0.3) is 11.8 Å². The van der Waals surface area contributed by atoms with Gasteiger partial charge >= 0.3 is 0 Å². The van der Waals surface area contributed by atoms with E-state index in [1.807, 2.05) is 39.0 Å². The van der Waals surface area contributed by atoms with Crippen molar-refractivity contribution in [3.05, 3.63) is 35.7 Å². The molecule has 1 aliphatic heterocycles. The van der Waals surface area contributed by atoms with Gasteiger partial charge in [-0.05, 0) is 38.4 Å². The van der Waals surface area contributed by atoms with Crippen molar-refractivity contribution >= 4 is 5.91 Å². The number of hydrogen-bond acceptors (Lipinski definition) is 5. The minimum absolute atomic E-state index is 0.105. The Hall–Kier alpha value is -2.21. The molecule has 2 N–H and O–H groups in total. The minimum Gasteiger partial charge on any atom is -0.348 e. The van der Waals surface area contributed by atoms with Gasteiger partial charge in [-0.1, -0.05) is 38.1 Å². The summed E-state index contributed by atoms with van der Waals surface area (Å²) in [7, 11) is 0. The lowest BCUT2D eigenvalue weighted by Crippen LogP contribution is -2.51. The summed E-state index contributed by atoms with van der Waals surface area (Å²) in [6.45, 7) is 9.18. The Bertz CT molecular complexity index is 748. The van der Waals surface area contributed by atoms with Crippen molar-refractivity contribution < 1.29 is 9.32 Å². The van der Waals surface area contributed by atoms with E-state index < -0.39 is 0 Å². The van der Waals surface area contributed by atoms with E-state index in [-0.39, 0.29) is 23.4 Å². The lowest BCUT2D eigenvalue weighted by molar-refractivity contribution is 0.0920. The first-order valence-corrected chi connectivity index (χ1v) is 8.84. The Morgan fingerprint density at radius 1 is 1.32 bits per heavy atom. The molecule has 0 aliphatic carbocycles. The van der Waals surface area contributed by atoms with Crippen molar-refractivity contribution in [2.45, 2.75) is 58.0 Å². The van der Waals surface area contributed by atoms with E-state index in [2.05, 4.69) is 27.7 Å². The van der Waals surface area contributed by atoms with Gasteiger partial charge in [0.15, 0.2) is 5.82 Å². The zero-order valence-corrected chi connectivity index (χ0v) is 15.3. The van der Waals surface area contributed by atoms with Crippen LogP contribution in [0.4, 0.5) is 0 Å². The number of nitrogens with zero attached hydrogens (tertiary/aromatic N) is 2. The molecule has 6 nitrogen and oxygen atoms in total. The number of rotatable bonds is 3. The van der Waals surface area contributed by atoms with Crippen LogP contribution in [0.5, 0.6) is 0 Å². The highest BCUT2D eigenvalue weighted by atomic mass is 16.5. The summed E-state index contributed by atoms with van der Waals surface area (Å²) in [6.07, 6.45) is 2.05. The van der Waals surface area contributed by atoms with Crippen LogP contribution >= 0.6 is 0 Å². The highest BCUT2D eigenvalue weighted by Crippen LogP contribution is 2.26. The molecule has 1 aromatic heterocycles. The second kappa shape index (κ2) is 6.96. The molecule has 2 unspecified atom stereocenters. The van der Waals surface area contributed by atoms with Gasteiger partial charge in [0.1, 0.15) is 0 Å². The van der Waals surface area contributed by atoms with Crippen LogP contribution in [0.1, 0.15) is 56.7 Å². The van der Waals surface area contributed by atoms with Gasteiger partial charge in [-0.25, -0.2) is 0 Å². The first-order valence-electron chi connectivity index (χ1n) is 8.84. The van der Waals surface area contributed by atoms with E-state index in [1.54, 1.807) is 6.07 Å². The van der Waals surface area contributed by atoms with E-state index in [1.165, 1.54) is 0 Å². The highest BCUT2D eigenvalue weighted by molar-refractivity contribution is 6.00. The third-order valence-corrected chi connectivity index (χ3v) is 4.58. The van der Waals surface area contributed by atoms with Crippen LogP contribution in [0.2, 0.25) is 0 Å². The summed E-state index contributed by atoms with van der Waals surface area (Å²) in [5, 5.41) is 10.6. The number of aromatic nitrogens is 2. The van der Waals surface area contributed by atoms with Gasteiger partial charge in [0.2, 0.25) is 0 Å². The molecule has 0 spiro atoms. The van der Waals surface area contributed by atoms with E-state index >= 15 is 0 Å². The smallest absolute Gasteiger partial charge is 0.258 e. The first kappa shape index (κ1) is 17.6. The largest absolute Gasteiger partial charge is 0.348 e. The molecule has 0 bridgehead atoms. The Balaban J connectivity index is 1.85. The SMILES string of the molecule is CC1NCCCC1NC(=O)c1ccccc1-c1nc(C(C)(C)C)no1. The minimum atomic E-state index is -0.206. The van der Waals surface area contributed by atoms with Crippen LogP contribution in [0.15, 0.2) is 28.8 Å². The predicted octanol–water partition coefficient (Wildman–Crippen LogP) is 2.90. The van der Waals surface area contributed by atoms with Crippen LogP contribution in [-0.4, -0.2) is 34.7 Å². The maximum absolute atomic E-state index is 12.8. The maximum Gasteiger partial charge on any atom is 0.258 e. The lowest BCUT2D eigenvalue weighted by Gasteiger charge is -2.30. The molecule has 2 aromatic rings. The molecule has 2 atom stereocenters. The summed E-state index contributed by atoms with van der Waals surface area (Å²) in [5.74, 6) is 0.903. The van der Waals surface area contributed by atoms with Crippen molar-refractivity contribution in [2.75, 3.05) is 6.54 Å². The molecule has 1 fully saturated rings. The van der Waals surface area contributed by atoms with Crippen molar-refractivity contribution in [1.82, 2.24) is 20.8 Å². The quantitative estimate of drug-likeness (QED) is 0.896. The molecule has 0 radical (unpaired) electrons. The number of piperidine rings is 1. The molecule has 1 aliphatic rings. The molecule has 3 rings (SSSR count). The van der Waals surface area contributed by atoms with E-state index in [0.717, 1.165) is 19.4 Å². The van der Waals surface area contributed by atoms with Crippen LogP contribution in [0.25, 0.3) is 11.5 Å². The average Bonchev–Trinajstić information content (AvgIpc) is 3.07. The van der Waals surface area contributed by atoms with Gasteiger partial charge in [-0.2, -0.15) is 4.98 Å². The Morgan fingerprint density at radius 3 is 2.76 bits per heavy atom. The Labute approximate surface area is 148 Å². The summed E-state index contributed by atoms with van der Waals surface area (Å²) in [4.78, 5) is 17.3. The summed E-state index contributed by atoms with van der Waals surface area (Å²) in [6, 6.07) is 7.76. The predicted molar refractivity (Wildman–Crippen MR) is 96.4 cm³/mol. The fraction of sp³-hybridized carbons (Fsp3) is 0.526. The molecule has 0 saturated carbocycles. The molecule has 2 heterocycles. The molecule has 25 heavy (non-hydrogen) atoms. The normalized spacial score (nSPS) is 21.1.